The van der Waals surface area contributed by atoms with Crippen molar-refractivity contribution in [3.8, 4) is 0 Å². The molecule has 1 rings (SSSR count). The van der Waals surface area contributed by atoms with Crippen molar-refractivity contribution in [3.63, 3.8) is 0 Å². The van der Waals surface area contributed by atoms with E-state index in [0.717, 1.165) is 0 Å². The highest BCUT2D eigenvalue weighted by Crippen LogP contribution is 2.29. The number of carboxylic acid groups (broad SMARTS) is 4. The summed E-state index contributed by atoms with van der Waals surface area (Å²) in [5, 5.41) is 35.1. The molecule has 0 aliphatic rings. The maximum absolute atomic E-state index is 10.8. The first-order valence-corrected chi connectivity index (χ1v) is 4.74. The smallest absolute Gasteiger partial charge is 0.322 e. The van der Waals surface area contributed by atoms with Crippen LogP contribution >= 0.6 is 0 Å². The number of hydrogen-bond acceptors (Lipinski definition) is 5. The summed E-state index contributed by atoms with van der Waals surface area (Å²) in [6.07, 6.45) is 1.42. The highest BCUT2D eigenvalue weighted by Gasteiger charge is 2.38. The lowest BCUT2D eigenvalue weighted by molar-refractivity contribution is -0.153. The van der Waals surface area contributed by atoms with Crippen molar-refractivity contribution in [2.45, 2.75) is 11.8 Å². The summed E-state index contributed by atoms with van der Waals surface area (Å²) < 4.78 is 4.55. The summed E-state index contributed by atoms with van der Waals surface area (Å²) in [6, 6.07) is 0. The van der Waals surface area contributed by atoms with Crippen molar-refractivity contribution < 1.29 is 44.0 Å². The molecule has 0 atom stereocenters. The molecule has 0 bridgehead atoms. The molecular formula is C10H8O9. The van der Waals surface area contributed by atoms with Crippen molar-refractivity contribution in [2.24, 2.45) is 0 Å². The SMILES string of the molecule is O=C(O)C(C(=O)O)c1cocc1C(C(=O)O)C(=O)O. The largest absolute Gasteiger partial charge is 0.480 e. The molecule has 0 saturated heterocycles. The van der Waals surface area contributed by atoms with Crippen molar-refractivity contribution in [3.05, 3.63) is 23.7 Å². The van der Waals surface area contributed by atoms with Gasteiger partial charge in [-0.2, -0.15) is 0 Å². The van der Waals surface area contributed by atoms with E-state index in [4.69, 9.17) is 20.4 Å². The Kier molecular flexibility index (Phi) is 3.90. The molecule has 1 heterocycles. The zero-order valence-corrected chi connectivity index (χ0v) is 9.14. The number of rotatable bonds is 6. The first kappa shape index (κ1) is 14.2. The van der Waals surface area contributed by atoms with E-state index in [1.807, 2.05) is 0 Å². The Morgan fingerprint density at radius 3 is 1.21 bits per heavy atom. The summed E-state index contributed by atoms with van der Waals surface area (Å²) >= 11 is 0. The maximum atomic E-state index is 10.8. The van der Waals surface area contributed by atoms with E-state index < -0.39 is 46.8 Å². The number of furan rings is 1. The molecule has 0 radical (unpaired) electrons. The molecule has 0 aromatic carbocycles. The molecule has 0 aliphatic carbocycles. The second-order valence-electron chi connectivity index (χ2n) is 3.50. The van der Waals surface area contributed by atoms with Crippen LogP contribution in [0.25, 0.3) is 0 Å². The molecule has 0 fully saturated rings. The summed E-state index contributed by atoms with van der Waals surface area (Å²) in [6.45, 7) is 0. The van der Waals surface area contributed by atoms with Gasteiger partial charge in [0.25, 0.3) is 0 Å². The predicted octanol–water partition coefficient (Wildman–Crippen LogP) is -0.215. The Bertz CT molecular complexity index is 466. The highest BCUT2D eigenvalue weighted by atomic mass is 16.4. The van der Waals surface area contributed by atoms with E-state index in [0.29, 0.717) is 12.5 Å². The van der Waals surface area contributed by atoms with E-state index in [1.165, 1.54) is 0 Å². The van der Waals surface area contributed by atoms with E-state index in [1.54, 1.807) is 0 Å². The van der Waals surface area contributed by atoms with Crippen LogP contribution in [-0.2, 0) is 19.2 Å². The Hall–Kier alpha value is -2.84. The minimum atomic E-state index is -2.10. The Labute approximate surface area is 104 Å². The van der Waals surface area contributed by atoms with Crippen LogP contribution in [0, 0.1) is 0 Å². The van der Waals surface area contributed by atoms with Gasteiger partial charge in [0.05, 0.1) is 12.5 Å². The van der Waals surface area contributed by atoms with E-state index >= 15 is 0 Å². The predicted molar refractivity (Wildman–Crippen MR) is 54.7 cm³/mol. The Balaban J connectivity index is 3.37. The molecule has 0 amide bonds. The third-order valence-corrected chi connectivity index (χ3v) is 2.33. The molecule has 102 valence electrons. The first-order chi connectivity index (χ1) is 8.77. The lowest BCUT2D eigenvalue weighted by Gasteiger charge is -2.10. The molecular weight excluding hydrogens is 264 g/mol. The van der Waals surface area contributed by atoms with E-state index in [9.17, 15) is 19.2 Å². The van der Waals surface area contributed by atoms with Crippen LogP contribution in [-0.4, -0.2) is 44.3 Å². The molecule has 0 saturated carbocycles. The van der Waals surface area contributed by atoms with Crippen molar-refractivity contribution in [1.29, 1.82) is 0 Å². The van der Waals surface area contributed by atoms with Crippen LogP contribution in [0.5, 0.6) is 0 Å². The van der Waals surface area contributed by atoms with Crippen LogP contribution in [0.1, 0.15) is 23.0 Å². The minimum Gasteiger partial charge on any atom is -0.480 e. The van der Waals surface area contributed by atoms with Crippen molar-refractivity contribution in [2.75, 3.05) is 0 Å². The van der Waals surface area contributed by atoms with Crippen LogP contribution in [0.4, 0.5) is 0 Å². The fourth-order valence-corrected chi connectivity index (χ4v) is 1.53. The lowest BCUT2D eigenvalue weighted by atomic mass is 9.91. The first-order valence-electron chi connectivity index (χ1n) is 4.74. The van der Waals surface area contributed by atoms with E-state index in [2.05, 4.69) is 4.42 Å². The number of hydrogen-bond donors (Lipinski definition) is 4. The Morgan fingerprint density at radius 1 is 0.737 bits per heavy atom. The fourth-order valence-electron chi connectivity index (χ4n) is 1.53. The summed E-state index contributed by atoms with van der Waals surface area (Å²) in [5.41, 5.74) is -1.04. The molecule has 9 heteroatoms. The average Bonchev–Trinajstić information content (AvgIpc) is 2.64. The molecule has 9 nitrogen and oxygen atoms in total. The van der Waals surface area contributed by atoms with Crippen molar-refractivity contribution >= 4 is 23.9 Å². The van der Waals surface area contributed by atoms with Gasteiger partial charge in [0.2, 0.25) is 0 Å². The summed E-state index contributed by atoms with van der Waals surface area (Å²) in [5.74, 6) is -11.2. The molecule has 0 unspecified atom stereocenters. The molecule has 0 spiro atoms. The number of carboxylic acids is 4. The van der Waals surface area contributed by atoms with Crippen LogP contribution < -0.4 is 0 Å². The zero-order valence-electron chi connectivity index (χ0n) is 9.14. The number of carbonyl (C=O) groups is 4. The maximum Gasteiger partial charge on any atom is 0.322 e. The minimum absolute atomic E-state index is 0.519. The van der Waals surface area contributed by atoms with Gasteiger partial charge in [-0.25, -0.2) is 0 Å². The van der Waals surface area contributed by atoms with Crippen LogP contribution in [0.3, 0.4) is 0 Å². The van der Waals surface area contributed by atoms with Crippen LogP contribution in [0.15, 0.2) is 16.9 Å². The van der Waals surface area contributed by atoms with Gasteiger partial charge >= 0.3 is 23.9 Å². The van der Waals surface area contributed by atoms with Gasteiger partial charge in [0.15, 0.2) is 11.8 Å². The molecule has 1 aromatic heterocycles. The van der Waals surface area contributed by atoms with E-state index in [-0.39, 0.29) is 0 Å². The van der Waals surface area contributed by atoms with Crippen LogP contribution in [0.2, 0.25) is 0 Å². The highest BCUT2D eigenvalue weighted by molar-refractivity contribution is 6.02. The molecule has 0 aliphatic heterocycles. The zero-order chi connectivity index (χ0) is 14.7. The lowest BCUT2D eigenvalue weighted by Crippen LogP contribution is -2.26. The average molecular weight is 272 g/mol. The quantitative estimate of drug-likeness (QED) is 0.513. The fraction of sp³-hybridized carbons (Fsp3) is 0.200. The van der Waals surface area contributed by atoms with Gasteiger partial charge in [0.1, 0.15) is 0 Å². The van der Waals surface area contributed by atoms with Gasteiger partial charge < -0.3 is 24.8 Å². The third kappa shape index (κ3) is 2.70. The monoisotopic (exact) mass is 272 g/mol. The topological polar surface area (TPSA) is 162 Å². The molecule has 4 N–H and O–H groups in total. The van der Waals surface area contributed by atoms with Gasteiger partial charge in [0, 0.05) is 11.1 Å². The van der Waals surface area contributed by atoms with Crippen molar-refractivity contribution in [1.82, 2.24) is 0 Å². The Morgan fingerprint density at radius 2 is 1.00 bits per heavy atom. The normalized spacial score (nSPS) is 10.6. The standard InChI is InChI=1S/C10H8O9/c11-7(12)5(8(13)14)3-1-19-2-4(3)6(9(15)16)10(17)18/h1-2,5-6H,(H,11,12)(H,13,14)(H,15,16)(H,17,18). The third-order valence-electron chi connectivity index (χ3n) is 2.33. The summed E-state index contributed by atoms with van der Waals surface area (Å²) in [4.78, 5) is 43.3. The van der Waals surface area contributed by atoms with Gasteiger partial charge in [-0.3, -0.25) is 19.2 Å². The van der Waals surface area contributed by atoms with Gasteiger partial charge in [-0.05, 0) is 0 Å². The summed E-state index contributed by atoms with van der Waals surface area (Å²) in [7, 11) is 0. The second-order valence-corrected chi connectivity index (χ2v) is 3.50. The molecule has 1 aromatic rings. The van der Waals surface area contributed by atoms with Gasteiger partial charge in [-0.1, -0.05) is 0 Å². The van der Waals surface area contributed by atoms with Gasteiger partial charge in [-0.15, -0.1) is 0 Å². The second kappa shape index (κ2) is 5.21. The number of aliphatic carboxylic acids is 4. The molecule has 19 heavy (non-hydrogen) atoms.